The minimum atomic E-state index is -0.301. The lowest BCUT2D eigenvalue weighted by Crippen LogP contribution is -2.52. The van der Waals surface area contributed by atoms with Crippen LogP contribution in [0.15, 0.2) is 42.9 Å². The molecular weight excluding hydrogens is 526 g/mol. The summed E-state index contributed by atoms with van der Waals surface area (Å²) in [4.78, 5) is 25.8. The molecule has 1 aromatic carbocycles. The second-order valence-corrected chi connectivity index (χ2v) is 13.4. The third-order valence-corrected chi connectivity index (χ3v) is 10.5. The van der Waals surface area contributed by atoms with Crippen molar-refractivity contribution in [1.29, 1.82) is 0 Å². The fourth-order valence-electron chi connectivity index (χ4n) is 7.66. The van der Waals surface area contributed by atoms with Crippen LogP contribution in [0.3, 0.4) is 0 Å². The van der Waals surface area contributed by atoms with Gasteiger partial charge in [-0.1, -0.05) is 12.1 Å². The van der Waals surface area contributed by atoms with Crippen LogP contribution in [0.25, 0.3) is 11.3 Å². The number of aryl methyl sites for hydroxylation is 1. The summed E-state index contributed by atoms with van der Waals surface area (Å²) in [5.74, 6) is 1.44. The zero-order valence-electron chi connectivity index (χ0n) is 25.6. The minimum absolute atomic E-state index is 0.0645. The fraction of sp³-hybridized carbons (Fsp3) is 0.588. The molecule has 0 radical (unpaired) electrons. The normalized spacial score (nSPS) is 27.3. The van der Waals surface area contributed by atoms with Crippen LogP contribution in [0, 0.1) is 18.3 Å². The molecule has 4 aliphatic carbocycles. The molecule has 4 saturated carbocycles. The average molecular weight is 572 g/mol. The van der Waals surface area contributed by atoms with E-state index in [9.17, 15) is 9.90 Å². The van der Waals surface area contributed by atoms with Gasteiger partial charge in [0.15, 0.2) is 0 Å². The van der Waals surface area contributed by atoms with Gasteiger partial charge < -0.3 is 9.84 Å². The summed E-state index contributed by atoms with van der Waals surface area (Å²) in [6.45, 7) is 6.98. The van der Waals surface area contributed by atoms with Crippen LogP contribution >= 0.6 is 0 Å². The Morgan fingerprint density at radius 2 is 1.81 bits per heavy atom. The molecule has 1 N–H and O–H groups in total. The van der Waals surface area contributed by atoms with Crippen molar-refractivity contribution in [2.24, 2.45) is 11.3 Å². The van der Waals surface area contributed by atoms with Gasteiger partial charge >= 0.3 is 0 Å². The lowest BCUT2D eigenvalue weighted by Gasteiger charge is -2.55. The molecule has 4 fully saturated rings. The van der Waals surface area contributed by atoms with Crippen LogP contribution in [-0.4, -0.2) is 50.5 Å². The van der Waals surface area contributed by atoms with E-state index in [0.29, 0.717) is 38.2 Å². The Hall–Kier alpha value is -3.26. The Morgan fingerprint density at radius 1 is 1.10 bits per heavy atom. The third kappa shape index (κ3) is 5.46. The Labute approximate surface area is 249 Å². The van der Waals surface area contributed by atoms with Gasteiger partial charge in [-0.15, -0.1) is 0 Å². The fourth-order valence-corrected chi connectivity index (χ4v) is 7.66. The molecule has 2 aromatic heterocycles. The van der Waals surface area contributed by atoms with E-state index in [1.165, 1.54) is 11.1 Å². The van der Waals surface area contributed by atoms with E-state index in [-0.39, 0.29) is 34.8 Å². The van der Waals surface area contributed by atoms with Gasteiger partial charge in [-0.05, 0) is 119 Å². The molecule has 0 saturated heterocycles. The predicted octanol–water partition coefficient (Wildman–Crippen LogP) is 6.41. The van der Waals surface area contributed by atoms with Crippen LogP contribution in [0.1, 0.15) is 95.2 Å². The molecule has 7 rings (SSSR count). The van der Waals surface area contributed by atoms with E-state index in [0.717, 1.165) is 55.5 Å². The van der Waals surface area contributed by atoms with E-state index in [1.54, 1.807) is 13.3 Å². The van der Waals surface area contributed by atoms with Gasteiger partial charge in [0.1, 0.15) is 5.75 Å². The Bertz CT molecular complexity index is 1400. The Kier molecular flexibility index (Phi) is 7.85. The highest BCUT2D eigenvalue weighted by Crippen LogP contribution is 2.58. The number of aromatic nitrogens is 4. The summed E-state index contributed by atoms with van der Waals surface area (Å²) in [5, 5.41) is 14.6. The molecule has 0 spiro atoms. The summed E-state index contributed by atoms with van der Waals surface area (Å²) in [6, 6.07) is 8.86. The highest BCUT2D eigenvalue weighted by atomic mass is 16.5. The number of benzene rings is 1. The SMILES string of the molecule is COc1ccc(C23CCC(CN(C(=O)C4CCC(O)CC4)c4nccc(-c5cnn(C(C)C)c5)n4)(CC2)CC3)cc1C. The van der Waals surface area contributed by atoms with Gasteiger partial charge in [0.25, 0.3) is 0 Å². The van der Waals surface area contributed by atoms with Gasteiger partial charge in [0, 0.05) is 36.5 Å². The lowest BCUT2D eigenvalue weighted by atomic mass is 9.51. The summed E-state index contributed by atoms with van der Waals surface area (Å²) in [6.07, 6.45) is 14.7. The number of fused-ring (bicyclic) bond motifs is 3. The van der Waals surface area contributed by atoms with E-state index in [1.807, 2.05) is 28.0 Å². The number of anilines is 1. The molecular formula is C34H45N5O3. The molecule has 8 heteroatoms. The summed E-state index contributed by atoms with van der Waals surface area (Å²) >= 11 is 0. The molecule has 0 unspecified atom stereocenters. The summed E-state index contributed by atoms with van der Waals surface area (Å²) in [5.41, 5.74) is 4.60. The maximum Gasteiger partial charge on any atom is 0.232 e. The largest absolute Gasteiger partial charge is 0.496 e. The number of ether oxygens (including phenoxy) is 1. The zero-order chi connectivity index (χ0) is 29.5. The zero-order valence-corrected chi connectivity index (χ0v) is 25.6. The van der Waals surface area contributed by atoms with Crippen molar-refractivity contribution >= 4 is 11.9 Å². The minimum Gasteiger partial charge on any atom is -0.496 e. The number of amides is 1. The summed E-state index contributed by atoms with van der Waals surface area (Å²) < 4.78 is 7.45. The highest BCUT2D eigenvalue weighted by Gasteiger charge is 2.51. The molecule has 2 heterocycles. The maximum atomic E-state index is 14.2. The van der Waals surface area contributed by atoms with Crippen LogP contribution in [0.2, 0.25) is 0 Å². The first-order chi connectivity index (χ1) is 20.2. The first kappa shape index (κ1) is 28.8. The van der Waals surface area contributed by atoms with Crippen molar-refractivity contribution in [3.8, 4) is 17.0 Å². The maximum absolute atomic E-state index is 14.2. The van der Waals surface area contributed by atoms with Crippen molar-refractivity contribution in [3.63, 3.8) is 0 Å². The molecule has 8 nitrogen and oxygen atoms in total. The number of carbonyl (C=O) groups excluding carboxylic acids is 1. The second-order valence-electron chi connectivity index (χ2n) is 13.4. The molecule has 224 valence electrons. The number of methoxy groups -OCH3 is 1. The molecule has 0 aliphatic heterocycles. The molecule has 3 aromatic rings. The van der Waals surface area contributed by atoms with Gasteiger partial charge in [-0.3, -0.25) is 14.4 Å². The van der Waals surface area contributed by atoms with Crippen LogP contribution in [0.4, 0.5) is 5.95 Å². The van der Waals surface area contributed by atoms with Crippen molar-refractivity contribution in [2.75, 3.05) is 18.6 Å². The number of aliphatic hydroxyl groups is 1. The van der Waals surface area contributed by atoms with E-state index in [2.05, 4.69) is 49.1 Å². The van der Waals surface area contributed by atoms with Crippen molar-refractivity contribution < 1.29 is 14.6 Å². The van der Waals surface area contributed by atoms with Crippen LogP contribution < -0.4 is 9.64 Å². The van der Waals surface area contributed by atoms with E-state index in [4.69, 9.17) is 9.72 Å². The monoisotopic (exact) mass is 571 g/mol. The number of hydrogen-bond acceptors (Lipinski definition) is 6. The quantitative estimate of drug-likeness (QED) is 0.336. The number of rotatable bonds is 8. The van der Waals surface area contributed by atoms with E-state index < -0.39 is 0 Å². The number of nitrogens with zero attached hydrogens (tertiary/aromatic N) is 5. The summed E-state index contributed by atoms with van der Waals surface area (Å²) in [7, 11) is 1.73. The van der Waals surface area contributed by atoms with Crippen LogP contribution in [0.5, 0.6) is 5.75 Å². The van der Waals surface area contributed by atoms with Crippen molar-refractivity contribution in [3.05, 3.63) is 54.0 Å². The van der Waals surface area contributed by atoms with Crippen LogP contribution in [-0.2, 0) is 10.2 Å². The first-order valence-corrected chi connectivity index (χ1v) is 15.7. The van der Waals surface area contributed by atoms with Gasteiger partial charge in [-0.2, -0.15) is 5.10 Å². The topological polar surface area (TPSA) is 93.4 Å². The number of hydrogen-bond donors (Lipinski definition) is 1. The molecule has 1 amide bonds. The van der Waals surface area contributed by atoms with Gasteiger partial charge in [0.05, 0.1) is 25.1 Å². The van der Waals surface area contributed by atoms with Crippen molar-refractivity contribution in [2.45, 2.75) is 103 Å². The third-order valence-electron chi connectivity index (χ3n) is 10.5. The van der Waals surface area contributed by atoms with Crippen molar-refractivity contribution in [1.82, 2.24) is 19.7 Å². The lowest BCUT2D eigenvalue weighted by molar-refractivity contribution is -0.124. The number of aliphatic hydroxyl groups excluding tert-OH is 1. The molecule has 0 atom stereocenters. The Morgan fingerprint density at radius 3 is 2.43 bits per heavy atom. The van der Waals surface area contributed by atoms with Gasteiger partial charge in [0.2, 0.25) is 11.9 Å². The molecule has 4 aliphatic rings. The second kappa shape index (κ2) is 11.4. The molecule has 42 heavy (non-hydrogen) atoms. The Balaban J connectivity index is 1.27. The smallest absolute Gasteiger partial charge is 0.232 e. The van der Waals surface area contributed by atoms with E-state index >= 15 is 0 Å². The van der Waals surface area contributed by atoms with Gasteiger partial charge in [-0.25, -0.2) is 9.97 Å². The first-order valence-electron chi connectivity index (χ1n) is 15.7. The molecule has 2 bridgehead atoms. The number of carbonyl (C=O) groups is 1. The standard InChI is InChI=1S/C34H45N5O3/c1-23(2)39-21-26(20-36-39)29-11-18-35-32(37-29)38(31(41)25-5-8-28(40)9-6-25)22-33-12-15-34(16-13-33,17-14-33)27-7-10-30(42-4)24(3)19-27/h7,10-11,18-21,23,25,28,40H,5-6,8-9,12-17,22H2,1-4H3. The highest BCUT2D eigenvalue weighted by molar-refractivity contribution is 5.93. The average Bonchev–Trinajstić information content (AvgIpc) is 3.52. The predicted molar refractivity (Wildman–Crippen MR) is 163 cm³/mol.